The zero-order valence-corrected chi connectivity index (χ0v) is 16.7. The van der Waals surface area contributed by atoms with Gasteiger partial charge in [-0.15, -0.1) is 24.0 Å². The van der Waals surface area contributed by atoms with Crippen molar-refractivity contribution in [3.63, 3.8) is 0 Å². The number of hydrogen-bond acceptors (Lipinski definition) is 4. The van der Waals surface area contributed by atoms with Crippen molar-refractivity contribution in [2.24, 2.45) is 10.9 Å². The lowest BCUT2D eigenvalue weighted by Crippen LogP contribution is -2.47. The van der Waals surface area contributed by atoms with Gasteiger partial charge in [-0.25, -0.2) is 0 Å². The highest BCUT2D eigenvalue weighted by Gasteiger charge is 2.16. The van der Waals surface area contributed by atoms with E-state index in [2.05, 4.69) is 39.4 Å². The van der Waals surface area contributed by atoms with E-state index in [0.717, 1.165) is 24.8 Å². The van der Waals surface area contributed by atoms with Gasteiger partial charge in [-0.05, 0) is 25.1 Å². The molecule has 1 fully saturated rings. The van der Waals surface area contributed by atoms with Gasteiger partial charge in [0.25, 0.3) is 0 Å². The second kappa shape index (κ2) is 10.9. The van der Waals surface area contributed by atoms with Gasteiger partial charge in [0.2, 0.25) is 0 Å². The van der Waals surface area contributed by atoms with E-state index in [1.54, 1.807) is 13.3 Å². The van der Waals surface area contributed by atoms with Crippen LogP contribution >= 0.6 is 24.0 Å². The van der Waals surface area contributed by atoms with Crippen molar-refractivity contribution in [2.75, 3.05) is 53.4 Å². The zero-order valence-electron chi connectivity index (χ0n) is 14.4. The van der Waals surface area contributed by atoms with Crippen LogP contribution in [0.25, 0.3) is 0 Å². The van der Waals surface area contributed by atoms with Gasteiger partial charge in [0.05, 0.1) is 12.8 Å². The van der Waals surface area contributed by atoms with E-state index in [0.29, 0.717) is 12.5 Å². The van der Waals surface area contributed by atoms with Crippen molar-refractivity contribution in [3.05, 3.63) is 24.2 Å². The molecule has 0 radical (unpaired) electrons. The number of aliphatic imine (C=N–C) groups is 1. The first-order chi connectivity index (χ1) is 10.7. The molecule has 1 aromatic heterocycles. The molecule has 0 bridgehead atoms. The van der Waals surface area contributed by atoms with Gasteiger partial charge in [0.15, 0.2) is 5.96 Å². The average molecular weight is 435 g/mol. The second-order valence-corrected chi connectivity index (χ2v) is 6.10. The summed E-state index contributed by atoms with van der Waals surface area (Å²) in [6, 6.07) is 3.85. The van der Waals surface area contributed by atoms with Crippen LogP contribution in [0.5, 0.6) is 0 Å². The third-order valence-corrected chi connectivity index (χ3v) is 4.02. The fourth-order valence-corrected chi connectivity index (χ4v) is 2.61. The Balaban J connectivity index is 0.00000264. The predicted molar refractivity (Wildman–Crippen MR) is 105 cm³/mol. The highest BCUT2D eigenvalue weighted by molar-refractivity contribution is 14.0. The standard InChI is InChI=1S/C16H29N5O.HI/c1-14(13-21-8-6-20(3)7-9-21)11-18-16(17-2)19-12-15-5-4-10-22-15;/h4-5,10,14H,6-9,11-13H2,1-3H3,(H2,17,18,19);1H. The van der Waals surface area contributed by atoms with Crippen LogP contribution in [0, 0.1) is 5.92 Å². The van der Waals surface area contributed by atoms with Crippen LogP contribution in [0.15, 0.2) is 27.8 Å². The Labute approximate surface area is 156 Å². The van der Waals surface area contributed by atoms with Crippen molar-refractivity contribution in [2.45, 2.75) is 13.5 Å². The van der Waals surface area contributed by atoms with E-state index >= 15 is 0 Å². The minimum Gasteiger partial charge on any atom is -0.467 e. The molecule has 2 rings (SSSR count). The SMILES string of the molecule is CN=C(NCc1ccco1)NCC(C)CN1CCN(C)CC1.I. The fraction of sp³-hybridized carbons (Fsp3) is 0.688. The van der Waals surface area contributed by atoms with Crippen molar-refractivity contribution in [1.82, 2.24) is 20.4 Å². The molecule has 6 nitrogen and oxygen atoms in total. The van der Waals surface area contributed by atoms with E-state index in [1.165, 1.54) is 26.2 Å². The van der Waals surface area contributed by atoms with Gasteiger partial charge in [0.1, 0.15) is 5.76 Å². The first-order valence-electron chi connectivity index (χ1n) is 8.05. The fourth-order valence-electron chi connectivity index (χ4n) is 2.61. The van der Waals surface area contributed by atoms with E-state index in [9.17, 15) is 0 Å². The molecule has 2 N–H and O–H groups in total. The van der Waals surface area contributed by atoms with Gasteiger partial charge in [-0.3, -0.25) is 4.99 Å². The molecule has 0 saturated carbocycles. The lowest BCUT2D eigenvalue weighted by molar-refractivity contribution is 0.139. The normalized spacial score (nSPS) is 18.3. The van der Waals surface area contributed by atoms with E-state index in [4.69, 9.17) is 4.42 Å². The average Bonchev–Trinajstić information content (AvgIpc) is 3.03. The lowest BCUT2D eigenvalue weighted by atomic mass is 10.1. The summed E-state index contributed by atoms with van der Waals surface area (Å²) in [6.07, 6.45) is 1.69. The molecule has 132 valence electrons. The third kappa shape index (κ3) is 7.54. The number of furan rings is 1. The van der Waals surface area contributed by atoms with Gasteiger partial charge in [-0.2, -0.15) is 0 Å². The predicted octanol–water partition coefficient (Wildman–Crippen LogP) is 1.45. The number of hydrogen-bond donors (Lipinski definition) is 2. The van der Waals surface area contributed by atoms with Gasteiger partial charge >= 0.3 is 0 Å². The van der Waals surface area contributed by atoms with Crippen molar-refractivity contribution < 1.29 is 4.42 Å². The monoisotopic (exact) mass is 435 g/mol. The van der Waals surface area contributed by atoms with E-state index in [1.807, 2.05) is 12.1 Å². The summed E-state index contributed by atoms with van der Waals surface area (Å²) in [5.41, 5.74) is 0. The first kappa shape index (κ1) is 20.2. The molecule has 0 spiro atoms. The van der Waals surface area contributed by atoms with Crippen LogP contribution in [0.3, 0.4) is 0 Å². The van der Waals surface area contributed by atoms with Gasteiger partial charge in [-0.1, -0.05) is 6.92 Å². The smallest absolute Gasteiger partial charge is 0.191 e. The van der Waals surface area contributed by atoms with Crippen LogP contribution in [0.4, 0.5) is 0 Å². The summed E-state index contributed by atoms with van der Waals surface area (Å²) >= 11 is 0. The first-order valence-corrected chi connectivity index (χ1v) is 8.05. The van der Waals surface area contributed by atoms with Gasteiger partial charge < -0.3 is 24.9 Å². The van der Waals surface area contributed by atoms with Gasteiger partial charge in [0, 0.05) is 46.3 Å². The summed E-state index contributed by atoms with van der Waals surface area (Å²) in [5, 5.41) is 6.65. The van der Waals surface area contributed by atoms with Crippen molar-refractivity contribution in [1.29, 1.82) is 0 Å². The molecule has 1 aromatic rings. The highest BCUT2D eigenvalue weighted by Crippen LogP contribution is 2.04. The van der Waals surface area contributed by atoms with Crippen molar-refractivity contribution in [3.8, 4) is 0 Å². The molecule has 1 aliphatic heterocycles. The minimum absolute atomic E-state index is 0. The number of nitrogens with one attached hydrogen (secondary N) is 2. The minimum atomic E-state index is 0. The molecule has 1 atom stereocenters. The number of nitrogens with zero attached hydrogens (tertiary/aromatic N) is 3. The van der Waals surface area contributed by atoms with Crippen LogP contribution in [-0.4, -0.2) is 69.1 Å². The summed E-state index contributed by atoms with van der Waals surface area (Å²) in [7, 11) is 3.99. The summed E-state index contributed by atoms with van der Waals surface area (Å²) in [6.45, 7) is 9.68. The Morgan fingerprint density at radius 1 is 1.30 bits per heavy atom. The van der Waals surface area contributed by atoms with Crippen LogP contribution in [-0.2, 0) is 6.54 Å². The number of likely N-dealkylation sites (N-methyl/N-ethyl adjacent to an activating group) is 1. The third-order valence-electron chi connectivity index (χ3n) is 4.02. The molecule has 1 aliphatic rings. The summed E-state index contributed by atoms with van der Waals surface area (Å²) in [4.78, 5) is 9.18. The molecule has 7 heteroatoms. The van der Waals surface area contributed by atoms with Crippen LogP contribution < -0.4 is 10.6 Å². The Bertz CT molecular complexity index is 443. The van der Waals surface area contributed by atoms with E-state index < -0.39 is 0 Å². The maximum Gasteiger partial charge on any atom is 0.191 e. The number of guanidine groups is 1. The molecule has 1 unspecified atom stereocenters. The largest absolute Gasteiger partial charge is 0.467 e. The number of rotatable bonds is 6. The topological polar surface area (TPSA) is 56.0 Å². The van der Waals surface area contributed by atoms with Crippen LogP contribution in [0.1, 0.15) is 12.7 Å². The maximum absolute atomic E-state index is 5.31. The molecule has 1 saturated heterocycles. The molecule has 0 amide bonds. The van der Waals surface area contributed by atoms with Crippen molar-refractivity contribution >= 4 is 29.9 Å². The Kier molecular flexibility index (Phi) is 9.57. The lowest BCUT2D eigenvalue weighted by Gasteiger charge is -2.34. The second-order valence-electron chi connectivity index (χ2n) is 6.10. The summed E-state index contributed by atoms with van der Waals surface area (Å²) in [5.74, 6) is 2.32. The molecular formula is C16H30IN5O. The molecule has 2 heterocycles. The molecule has 0 aliphatic carbocycles. The number of piperazine rings is 1. The van der Waals surface area contributed by atoms with E-state index in [-0.39, 0.29) is 24.0 Å². The maximum atomic E-state index is 5.31. The zero-order chi connectivity index (χ0) is 15.8. The Morgan fingerprint density at radius 3 is 2.65 bits per heavy atom. The summed E-state index contributed by atoms with van der Waals surface area (Å²) < 4.78 is 5.31. The quantitative estimate of drug-likeness (QED) is 0.403. The molecule has 0 aromatic carbocycles. The Morgan fingerprint density at radius 2 is 2.04 bits per heavy atom. The molecular weight excluding hydrogens is 405 g/mol. The molecule has 23 heavy (non-hydrogen) atoms. The highest BCUT2D eigenvalue weighted by atomic mass is 127. The van der Waals surface area contributed by atoms with Crippen LogP contribution in [0.2, 0.25) is 0 Å². The Hall–Kier alpha value is -0.800. The number of halogens is 1.